The zero-order chi connectivity index (χ0) is 30.7. The lowest BCUT2D eigenvalue weighted by atomic mass is 9.82. The van der Waals surface area contributed by atoms with Gasteiger partial charge in [0.1, 0.15) is 17.9 Å². The number of hydrogen-bond acceptors (Lipinski definition) is 8. The Kier molecular flexibility index (Phi) is 12.9. The molecule has 3 rings (SSSR count). The predicted molar refractivity (Wildman–Crippen MR) is 160 cm³/mol. The van der Waals surface area contributed by atoms with Crippen LogP contribution >= 0.6 is 0 Å². The number of carbonyl (C=O) groups is 1. The molecule has 1 aromatic carbocycles. The van der Waals surface area contributed by atoms with Crippen molar-refractivity contribution in [2.75, 3.05) is 20.3 Å². The number of fused-ring (bicyclic) bond motifs is 3. The molecule has 8 heteroatoms. The van der Waals surface area contributed by atoms with Crippen LogP contribution in [0.4, 0.5) is 0 Å². The highest BCUT2D eigenvalue weighted by molar-refractivity contribution is 5.69. The summed E-state index contributed by atoms with van der Waals surface area (Å²) in [5.41, 5.74) is 0.960. The number of esters is 1. The van der Waals surface area contributed by atoms with Crippen LogP contribution in [0.5, 0.6) is 5.75 Å². The normalized spacial score (nSPS) is 24.3. The summed E-state index contributed by atoms with van der Waals surface area (Å²) in [5.74, 6) is 6.46. The van der Waals surface area contributed by atoms with E-state index in [4.69, 9.17) is 28.4 Å². The van der Waals surface area contributed by atoms with Crippen LogP contribution in [0.25, 0.3) is 0 Å². The largest absolute Gasteiger partial charge is 0.489 e. The first-order valence-corrected chi connectivity index (χ1v) is 15.1. The number of hydrogen-bond donors (Lipinski definition) is 0. The molecule has 0 radical (unpaired) electrons. The van der Waals surface area contributed by atoms with Gasteiger partial charge in [0.2, 0.25) is 0 Å². The summed E-state index contributed by atoms with van der Waals surface area (Å²) in [4.78, 5) is 11.7. The maximum absolute atomic E-state index is 11.7. The first-order valence-electron chi connectivity index (χ1n) is 15.1. The van der Waals surface area contributed by atoms with Gasteiger partial charge in [-0.05, 0) is 59.1 Å². The van der Waals surface area contributed by atoms with Gasteiger partial charge in [-0.1, -0.05) is 31.2 Å². The second kappa shape index (κ2) is 16.1. The van der Waals surface area contributed by atoms with Crippen LogP contribution in [0.2, 0.25) is 0 Å². The van der Waals surface area contributed by atoms with E-state index in [9.17, 15) is 10.1 Å². The second-order valence-electron chi connectivity index (χ2n) is 10.9. The number of nitrogens with zero attached hydrogens (tertiary/aromatic N) is 1. The maximum atomic E-state index is 11.7. The van der Waals surface area contributed by atoms with E-state index in [2.05, 4.69) is 36.1 Å². The first-order chi connectivity index (χ1) is 20.2. The first kappa shape index (κ1) is 33.6. The van der Waals surface area contributed by atoms with Crippen LogP contribution in [0.3, 0.4) is 0 Å². The average molecular weight is 582 g/mol. The standard InChI is InChI=1S/C34H47NO7/c1-8-11-14-23(4)34(22-35,42-25(6)39-10-3)20-19-27-29(40-24(5)38-9-2)21-30-32(27)28-17-12-15-26(33(28)41-30)16-13-18-31(36)37-7/h12,15,17,19-20,23-25,27,29-30,32H,9-10,13-14,16,18,21H2,1-7H3/b20-19+/t23-,24?,25?,27+,29-,30+,32+,34?/m1/s1. The van der Waals surface area contributed by atoms with Gasteiger partial charge in [-0.3, -0.25) is 4.79 Å². The summed E-state index contributed by atoms with van der Waals surface area (Å²) in [6.45, 7) is 12.4. The molecule has 0 spiro atoms. The number of methoxy groups -OCH3 is 1. The fourth-order valence-corrected chi connectivity index (χ4v) is 6.03. The van der Waals surface area contributed by atoms with Gasteiger partial charge in [-0.25, -0.2) is 0 Å². The number of nitriles is 1. The van der Waals surface area contributed by atoms with Gasteiger partial charge >= 0.3 is 5.97 Å². The van der Waals surface area contributed by atoms with Crippen molar-refractivity contribution in [1.29, 1.82) is 5.26 Å². The summed E-state index contributed by atoms with van der Waals surface area (Å²) in [6, 6.07) is 8.67. The molecule has 0 bridgehead atoms. The minimum atomic E-state index is -1.25. The number of rotatable bonds is 16. The molecular formula is C34H47NO7. The minimum absolute atomic E-state index is 0.0297. The van der Waals surface area contributed by atoms with Crippen molar-refractivity contribution >= 4 is 5.97 Å². The Hall–Kier alpha value is -2.88. The van der Waals surface area contributed by atoms with Crippen molar-refractivity contribution in [3.63, 3.8) is 0 Å². The average Bonchev–Trinajstić information content (AvgIpc) is 3.50. The van der Waals surface area contributed by atoms with Crippen molar-refractivity contribution in [3.05, 3.63) is 41.5 Å². The van der Waals surface area contributed by atoms with E-state index in [1.54, 1.807) is 6.92 Å². The summed E-state index contributed by atoms with van der Waals surface area (Å²) >= 11 is 0. The molecule has 1 aromatic rings. The SMILES string of the molecule is CC#CC[C@@H](C)C(C#N)(/C=C/[C@@H]1[C@H]2c3cccc(CCCC(=O)OC)c3O[C@H]2C[C@H]1OC(C)OCC)OC(C)OCC. The molecule has 0 aromatic heterocycles. The Morgan fingerprint density at radius 1 is 1.19 bits per heavy atom. The van der Waals surface area contributed by atoms with E-state index in [1.807, 2.05) is 46.8 Å². The molecule has 1 fully saturated rings. The molecule has 1 aliphatic carbocycles. The van der Waals surface area contributed by atoms with Crippen molar-refractivity contribution in [1.82, 2.24) is 0 Å². The van der Waals surface area contributed by atoms with Crippen molar-refractivity contribution in [3.8, 4) is 23.7 Å². The van der Waals surface area contributed by atoms with Crippen molar-refractivity contribution in [2.45, 2.75) is 110 Å². The highest BCUT2D eigenvalue weighted by Gasteiger charge is 2.51. The smallest absolute Gasteiger partial charge is 0.305 e. The van der Waals surface area contributed by atoms with Gasteiger partial charge < -0.3 is 28.4 Å². The van der Waals surface area contributed by atoms with E-state index in [1.165, 1.54) is 7.11 Å². The summed E-state index contributed by atoms with van der Waals surface area (Å²) in [6.07, 6.45) is 5.70. The van der Waals surface area contributed by atoms with Gasteiger partial charge in [0, 0.05) is 55.8 Å². The zero-order valence-corrected chi connectivity index (χ0v) is 26.2. The molecule has 0 saturated heterocycles. The Morgan fingerprint density at radius 3 is 2.60 bits per heavy atom. The van der Waals surface area contributed by atoms with E-state index in [0.29, 0.717) is 38.9 Å². The fourth-order valence-electron chi connectivity index (χ4n) is 6.03. The van der Waals surface area contributed by atoms with Crippen LogP contribution < -0.4 is 4.74 Å². The third-order valence-electron chi connectivity index (χ3n) is 8.11. The molecule has 1 aliphatic heterocycles. The molecule has 1 heterocycles. The molecule has 8 atom stereocenters. The van der Waals surface area contributed by atoms with Crippen LogP contribution in [0.15, 0.2) is 30.4 Å². The maximum Gasteiger partial charge on any atom is 0.305 e. The monoisotopic (exact) mass is 581 g/mol. The van der Waals surface area contributed by atoms with Crippen LogP contribution in [-0.2, 0) is 34.9 Å². The third kappa shape index (κ3) is 8.14. The third-order valence-corrected chi connectivity index (χ3v) is 8.11. The quantitative estimate of drug-likeness (QED) is 0.100. The molecule has 0 amide bonds. The Labute approximate surface area is 251 Å². The molecule has 0 N–H and O–H groups in total. The van der Waals surface area contributed by atoms with Crippen molar-refractivity contribution < 1.29 is 33.2 Å². The van der Waals surface area contributed by atoms with E-state index < -0.39 is 11.9 Å². The number of carbonyl (C=O) groups excluding carboxylic acids is 1. The molecule has 2 aliphatic rings. The second-order valence-corrected chi connectivity index (χ2v) is 10.9. The molecular weight excluding hydrogens is 534 g/mol. The fraction of sp³-hybridized carbons (Fsp3) is 0.647. The van der Waals surface area contributed by atoms with Gasteiger partial charge in [0.25, 0.3) is 0 Å². The summed E-state index contributed by atoms with van der Waals surface area (Å²) in [7, 11) is 1.41. The van der Waals surface area contributed by atoms with Gasteiger partial charge in [0.05, 0.1) is 13.2 Å². The Bertz CT molecular complexity index is 1160. The highest BCUT2D eigenvalue weighted by Crippen LogP contribution is 2.53. The number of para-hydroxylation sites is 1. The van der Waals surface area contributed by atoms with Gasteiger partial charge in [-0.15, -0.1) is 11.8 Å². The van der Waals surface area contributed by atoms with Crippen LogP contribution in [0.1, 0.15) is 84.3 Å². The minimum Gasteiger partial charge on any atom is -0.489 e. The predicted octanol–water partition coefficient (Wildman–Crippen LogP) is 6.08. The molecule has 8 nitrogen and oxygen atoms in total. The number of ether oxygens (including phenoxy) is 6. The lowest BCUT2D eigenvalue weighted by molar-refractivity contribution is -0.179. The zero-order valence-electron chi connectivity index (χ0n) is 26.2. The van der Waals surface area contributed by atoms with E-state index in [-0.39, 0.29) is 42.2 Å². The number of aryl methyl sites for hydroxylation is 1. The number of benzene rings is 1. The molecule has 3 unspecified atom stereocenters. The topological polar surface area (TPSA) is 96.2 Å². The van der Waals surface area contributed by atoms with E-state index in [0.717, 1.165) is 23.3 Å². The van der Waals surface area contributed by atoms with Gasteiger partial charge in [0.15, 0.2) is 18.2 Å². The van der Waals surface area contributed by atoms with Gasteiger partial charge in [-0.2, -0.15) is 5.26 Å². The molecule has 42 heavy (non-hydrogen) atoms. The Morgan fingerprint density at radius 2 is 1.93 bits per heavy atom. The highest BCUT2D eigenvalue weighted by atomic mass is 16.7. The lowest BCUT2D eigenvalue weighted by Gasteiger charge is -2.33. The summed E-state index contributed by atoms with van der Waals surface area (Å²) in [5, 5.41) is 10.5. The lowest BCUT2D eigenvalue weighted by Crippen LogP contribution is -2.40. The van der Waals surface area contributed by atoms with Crippen LogP contribution in [-0.4, -0.2) is 56.7 Å². The van der Waals surface area contributed by atoms with Crippen molar-refractivity contribution in [2.24, 2.45) is 11.8 Å². The molecule has 1 saturated carbocycles. The Balaban J connectivity index is 1.98. The molecule has 230 valence electrons. The summed E-state index contributed by atoms with van der Waals surface area (Å²) < 4.78 is 35.5. The van der Waals surface area contributed by atoms with Crippen LogP contribution in [0, 0.1) is 35.0 Å². The van der Waals surface area contributed by atoms with E-state index >= 15 is 0 Å².